The normalized spacial score (nSPS) is 23.5. The maximum Gasteiger partial charge on any atom is 0.193 e. The van der Waals surface area contributed by atoms with E-state index in [2.05, 4.69) is 28.4 Å². The topological polar surface area (TPSA) is 45.5 Å². The molecule has 5 nitrogen and oxygen atoms in total. The first-order valence-corrected chi connectivity index (χ1v) is 8.78. The monoisotopic (exact) mass is 303 g/mol. The lowest BCUT2D eigenvalue weighted by Gasteiger charge is -2.22. The number of likely N-dealkylation sites (tertiary alicyclic amines) is 1. The molecule has 1 unspecified atom stereocenters. The van der Waals surface area contributed by atoms with E-state index in [0.29, 0.717) is 5.92 Å². The number of hydrogen-bond donors (Lipinski definition) is 1. The van der Waals surface area contributed by atoms with Crippen molar-refractivity contribution in [3.05, 3.63) is 18.0 Å². The quantitative estimate of drug-likeness (QED) is 0.686. The fourth-order valence-corrected chi connectivity index (χ4v) is 3.71. The van der Waals surface area contributed by atoms with Crippen molar-refractivity contribution in [1.29, 1.82) is 0 Å². The molecule has 5 heteroatoms. The summed E-state index contributed by atoms with van der Waals surface area (Å²) in [5, 5.41) is 7.79. The van der Waals surface area contributed by atoms with Crippen molar-refractivity contribution in [2.75, 3.05) is 26.2 Å². The van der Waals surface area contributed by atoms with Gasteiger partial charge in [0.15, 0.2) is 5.96 Å². The van der Waals surface area contributed by atoms with E-state index in [4.69, 9.17) is 4.99 Å². The Labute approximate surface area is 133 Å². The fourth-order valence-electron chi connectivity index (χ4n) is 3.71. The SMILES string of the molecule is CCNC(=NCC1CCCC1)N1CCC(c2cnn(C)c2)C1. The highest BCUT2D eigenvalue weighted by Gasteiger charge is 2.27. The third kappa shape index (κ3) is 3.62. The van der Waals surface area contributed by atoms with Gasteiger partial charge in [0.1, 0.15) is 0 Å². The third-order valence-corrected chi connectivity index (χ3v) is 4.99. The van der Waals surface area contributed by atoms with Crippen LogP contribution in [0.3, 0.4) is 0 Å². The summed E-state index contributed by atoms with van der Waals surface area (Å²) in [7, 11) is 1.99. The van der Waals surface area contributed by atoms with Crippen molar-refractivity contribution < 1.29 is 0 Å². The van der Waals surface area contributed by atoms with Crippen LogP contribution in [0, 0.1) is 5.92 Å². The number of guanidine groups is 1. The predicted octanol–water partition coefficient (Wildman–Crippen LogP) is 2.37. The molecule has 2 heterocycles. The van der Waals surface area contributed by atoms with Gasteiger partial charge >= 0.3 is 0 Å². The van der Waals surface area contributed by atoms with Gasteiger partial charge in [-0.1, -0.05) is 12.8 Å². The second kappa shape index (κ2) is 7.16. The zero-order chi connectivity index (χ0) is 15.4. The molecule has 2 aliphatic rings. The van der Waals surface area contributed by atoms with E-state index in [9.17, 15) is 0 Å². The van der Waals surface area contributed by atoms with Gasteiger partial charge in [-0.15, -0.1) is 0 Å². The summed E-state index contributed by atoms with van der Waals surface area (Å²) in [6, 6.07) is 0. The van der Waals surface area contributed by atoms with E-state index in [1.807, 2.05) is 17.9 Å². The Morgan fingerprint density at radius 3 is 2.86 bits per heavy atom. The minimum Gasteiger partial charge on any atom is -0.357 e. The standard InChI is InChI=1S/C17H29N5/c1-3-18-17(19-10-14-6-4-5-7-14)22-9-8-15(13-22)16-11-20-21(2)12-16/h11-12,14-15H,3-10,13H2,1-2H3,(H,18,19). The van der Waals surface area contributed by atoms with Crippen LogP contribution in [0.25, 0.3) is 0 Å². The highest BCUT2D eigenvalue weighted by atomic mass is 15.3. The van der Waals surface area contributed by atoms with E-state index in [1.54, 1.807) is 0 Å². The molecule has 1 aliphatic heterocycles. The van der Waals surface area contributed by atoms with Gasteiger partial charge in [0.05, 0.1) is 6.20 Å². The largest absolute Gasteiger partial charge is 0.357 e. The smallest absolute Gasteiger partial charge is 0.193 e. The highest BCUT2D eigenvalue weighted by molar-refractivity contribution is 5.80. The summed E-state index contributed by atoms with van der Waals surface area (Å²) in [4.78, 5) is 7.35. The van der Waals surface area contributed by atoms with E-state index in [-0.39, 0.29) is 0 Å². The Kier molecular flexibility index (Phi) is 5.01. The molecule has 122 valence electrons. The van der Waals surface area contributed by atoms with Crippen LogP contribution in [0.2, 0.25) is 0 Å². The first-order valence-electron chi connectivity index (χ1n) is 8.78. The lowest BCUT2D eigenvalue weighted by atomic mass is 10.0. The molecule has 1 aliphatic carbocycles. The summed E-state index contributed by atoms with van der Waals surface area (Å²) in [5.74, 6) is 2.51. The Bertz CT molecular complexity index is 501. The van der Waals surface area contributed by atoms with E-state index >= 15 is 0 Å². The van der Waals surface area contributed by atoms with Gasteiger partial charge in [-0.05, 0) is 37.7 Å². The number of aryl methyl sites for hydroxylation is 1. The van der Waals surface area contributed by atoms with Gasteiger partial charge in [-0.2, -0.15) is 5.10 Å². The first kappa shape index (κ1) is 15.4. The molecule has 3 rings (SSSR count). The molecule has 2 fully saturated rings. The van der Waals surface area contributed by atoms with Crippen LogP contribution in [-0.4, -0.2) is 46.8 Å². The molecular weight excluding hydrogens is 274 g/mol. The molecule has 0 radical (unpaired) electrons. The van der Waals surface area contributed by atoms with Crippen molar-refractivity contribution >= 4 is 5.96 Å². The van der Waals surface area contributed by atoms with Crippen LogP contribution in [0.1, 0.15) is 50.5 Å². The second-order valence-corrected chi connectivity index (χ2v) is 6.72. The summed E-state index contributed by atoms with van der Waals surface area (Å²) >= 11 is 0. The van der Waals surface area contributed by atoms with Crippen molar-refractivity contribution in [2.24, 2.45) is 18.0 Å². The first-order chi connectivity index (χ1) is 10.8. The number of rotatable bonds is 4. The van der Waals surface area contributed by atoms with Crippen molar-refractivity contribution in [3.8, 4) is 0 Å². The zero-order valence-corrected chi connectivity index (χ0v) is 14.0. The Hall–Kier alpha value is -1.52. The molecule has 1 saturated heterocycles. The second-order valence-electron chi connectivity index (χ2n) is 6.72. The molecule has 1 saturated carbocycles. The van der Waals surface area contributed by atoms with Crippen molar-refractivity contribution in [3.63, 3.8) is 0 Å². The molecule has 0 amide bonds. The maximum atomic E-state index is 4.92. The van der Waals surface area contributed by atoms with Gasteiger partial charge in [-0.3, -0.25) is 9.67 Å². The lowest BCUT2D eigenvalue weighted by Crippen LogP contribution is -2.40. The van der Waals surface area contributed by atoms with Gasteiger partial charge in [0.25, 0.3) is 0 Å². The number of aromatic nitrogens is 2. The molecule has 0 bridgehead atoms. The molecule has 0 aromatic carbocycles. The fraction of sp³-hybridized carbons (Fsp3) is 0.765. The van der Waals surface area contributed by atoms with Crippen LogP contribution >= 0.6 is 0 Å². The predicted molar refractivity (Wildman–Crippen MR) is 90.1 cm³/mol. The molecule has 1 N–H and O–H groups in total. The van der Waals surface area contributed by atoms with Gasteiger partial charge in [0, 0.05) is 45.3 Å². The van der Waals surface area contributed by atoms with Crippen LogP contribution in [0.15, 0.2) is 17.4 Å². The molecule has 1 atom stereocenters. The van der Waals surface area contributed by atoms with E-state index in [0.717, 1.165) is 38.1 Å². The average molecular weight is 303 g/mol. The number of hydrogen-bond acceptors (Lipinski definition) is 2. The van der Waals surface area contributed by atoms with Gasteiger partial charge in [-0.25, -0.2) is 0 Å². The van der Waals surface area contributed by atoms with Crippen LogP contribution in [-0.2, 0) is 7.05 Å². The van der Waals surface area contributed by atoms with Gasteiger partial charge in [0.2, 0.25) is 0 Å². The lowest BCUT2D eigenvalue weighted by molar-refractivity contribution is 0.478. The number of aliphatic imine (C=N–C) groups is 1. The number of nitrogens with zero attached hydrogens (tertiary/aromatic N) is 4. The Morgan fingerprint density at radius 1 is 1.36 bits per heavy atom. The average Bonchev–Trinajstić information content (AvgIpc) is 3.24. The summed E-state index contributed by atoms with van der Waals surface area (Å²) < 4.78 is 1.90. The van der Waals surface area contributed by atoms with Crippen LogP contribution in [0.4, 0.5) is 0 Å². The minimum absolute atomic E-state index is 0.587. The highest BCUT2D eigenvalue weighted by Crippen LogP contribution is 2.27. The molecule has 22 heavy (non-hydrogen) atoms. The molecule has 0 spiro atoms. The molecular formula is C17H29N5. The Balaban J connectivity index is 1.60. The molecule has 1 aromatic rings. The Morgan fingerprint density at radius 2 is 2.18 bits per heavy atom. The summed E-state index contributed by atoms with van der Waals surface area (Å²) in [6.07, 6.45) is 10.9. The summed E-state index contributed by atoms with van der Waals surface area (Å²) in [6.45, 7) is 6.24. The van der Waals surface area contributed by atoms with Crippen molar-refractivity contribution in [2.45, 2.75) is 44.9 Å². The third-order valence-electron chi connectivity index (χ3n) is 4.99. The summed E-state index contributed by atoms with van der Waals surface area (Å²) in [5.41, 5.74) is 1.36. The number of nitrogens with one attached hydrogen (secondary N) is 1. The van der Waals surface area contributed by atoms with E-state index in [1.165, 1.54) is 37.7 Å². The van der Waals surface area contributed by atoms with Crippen LogP contribution < -0.4 is 5.32 Å². The maximum absolute atomic E-state index is 4.92. The van der Waals surface area contributed by atoms with Gasteiger partial charge < -0.3 is 10.2 Å². The van der Waals surface area contributed by atoms with Crippen LogP contribution in [0.5, 0.6) is 0 Å². The zero-order valence-electron chi connectivity index (χ0n) is 14.0. The van der Waals surface area contributed by atoms with Crippen molar-refractivity contribution in [1.82, 2.24) is 20.0 Å². The van der Waals surface area contributed by atoms with E-state index < -0.39 is 0 Å². The minimum atomic E-state index is 0.587. The molecule has 1 aromatic heterocycles.